The van der Waals surface area contributed by atoms with Crippen LogP contribution in [0.25, 0.3) is 22.2 Å². The molecule has 28 heavy (non-hydrogen) atoms. The van der Waals surface area contributed by atoms with E-state index in [1.807, 2.05) is 24.3 Å². The van der Waals surface area contributed by atoms with E-state index in [0.29, 0.717) is 31.5 Å². The number of pyridine rings is 1. The number of nitrogens with zero attached hydrogens (tertiary/aromatic N) is 2. The molecule has 1 aliphatic heterocycles. The van der Waals surface area contributed by atoms with Gasteiger partial charge in [-0.25, -0.2) is 4.79 Å². The summed E-state index contributed by atoms with van der Waals surface area (Å²) in [7, 11) is 1.38. The SMILES string of the molecule is COC(=O)N1CCC(NC(=O)c2ccc(-c3nccc4occc34)cc2)CC1. The van der Waals surface area contributed by atoms with Crippen LogP contribution in [0.5, 0.6) is 0 Å². The summed E-state index contributed by atoms with van der Waals surface area (Å²) < 4.78 is 10.2. The van der Waals surface area contributed by atoms with Crippen molar-refractivity contribution in [1.82, 2.24) is 15.2 Å². The quantitative estimate of drug-likeness (QED) is 0.753. The number of hydrogen-bond acceptors (Lipinski definition) is 5. The summed E-state index contributed by atoms with van der Waals surface area (Å²) in [6.45, 7) is 1.16. The summed E-state index contributed by atoms with van der Waals surface area (Å²) in [5, 5.41) is 3.99. The minimum absolute atomic E-state index is 0.0504. The van der Waals surface area contributed by atoms with Gasteiger partial charge in [0.25, 0.3) is 5.91 Å². The Hall–Kier alpha value is -3.35. The van der Waals surface area contributed by atoms with Crippen molar-refractivity contribution in [2.75, 3.05) is 20.2 Å². The van der Waals surface area contributed by atoms with E-state index in [2.05, 4.69) is 10.3 Å². The molecule has 4 rings (SSSR count). The molecule has 2 amide bonds. The fourth-order valence-electron chi connectivity index (χ4n) is 3.51. The highest BCUT2D eigenvalue weighted by Gasteiger charge is 2.24. The van der Waals surface area contributed by atoms with Gasteiger partial charge in [-0.3, -0.25) is 9.78 Å². The molecule has 0 unspecified atom stereocenters. The minimum Gasteiger partial charge on any atom is -0.464 e. The van der Waals surface area contributed by atoms with Crippen LogP contribution in [0.3, 0.4) is 0 Å². The minimum atomic E-state index is -0.318. The van der Waals surface area contributed by atoms with Crippen LogP contribution in [0, 0.1) is 0 Å². The lowest BCUT2D eigenvalue weighted by Gasteiger charge is -2.31. The zero-order chi connectivity index (χ0) is 19.5. The number of carbonyl (C=O) groups excluding carboxylic acids is 2. The Bertz CT molecular complexity index is 988. The van der Waals surface area contributed by atoms with Crippen LogP contribution in [-0.2, 0) is 4.74 Å². The lowest BCUT2D eigenvalue weighted by molar-refractivity contribution is 0.0892. The van der Waals surface area contributed by atoms with Gasteiger partial charge >= 0.3 is 6.09 Å². The van der Waals surface area contributed by atoms with Crippen molar-refractivity contribution < 1.29 is 18.7 Å². The number of carbonyl (C=O) groups is 2. The number of piperidine rings is 1. The number of furan rings is 1. The third-order valence-electron chi connectivity index (χ3n) is 5.06. The lowest BCUT2D eigenvalue weighted by atomic mass is 10.0. The molecule has 0 radical (unpaired) electrons. The van der Waals surface area contributed by atoms with Gasteiger partial charge in [0, 0.05) is 41.8 Å². The zero-order valence-corrected chi connectivity index (χ0v) is 15.6. The van der Waals surface area contributed by atoms with Gasteiger partial charge in [0.1, 0.15) is 5.58 Å². The van der Waals surface area contributed by atoms with E-state index in [4.69, 9.17) is 9.15 Å². The molecule has 1 aliphatic rings. The first-order chi connectivity index (χ1) is 13.7. The predicted octanol–water partition coefficient (Wildman–Crippen LogP) is 3.46. The van der Waals surface area contributed by atoms with E-state index in [1.165, 1.54) is 7.11 Å². The standard InChI is InChI=1S/C21H21N3O4/c1-27-21(26)24-11-7-16(8-12-24)23-20(25)15-4-2-14(3-5-15)19-17-9-13-28-18(17)6-10-22-19/h2-6,9-10,13,16H,7-8,11-12H2,1H3,(H,23,25). The highest BCUT2D eigenvalue weighted by molar-refractivity contribution is 5.96. The third kappa shape index (κ3) is 3.55. The second-order valence-corrected chi connectivity index (χ2v) is 6.77. The summed E-state index contributed by atoms with van der Waals surface area (Å²) >= 11 is 0. The van der Waals surface area contributed by atoms with Gasteiger partial charge in [-0.2, -0.15) is 0 Å². The van der Waals surface area contributed by atoms with Crippen molar-refractivity contribution in [2.45, 2.75) is 18.9 Å². The van der Waals surface area contributed by atoms with Crippen molar-refractivity contribution in [3.05, 3.63) is 54.4 Å². The van der Waals surface area contributed by atoms with Crippen molar-refractivity contribution >= 4 is 23.0 Å². The summed E-state index contributed by atoms with van der Waals surface area (Å²) in [5.74, 6) is -0.113. The molecule has 1 fully saturated rings. The average molecular weight is 379 g/mol. The first kappa shape index (κ1) is 18.0. The zero-order valence-electron chi connectivity index (χ0n) is 15.6. The van der Waals surface area contributed by atoms with E-state index in [0.717, 1.165) is 22.2 Å². The number of rotatable bonds is 3. The van der Waals surface area contributed by atoms with Gasteiger partial charge in [-0.15, -0.1) is 0 Å². The highest BCUT2D eigenvalue weighted by atomic mass is 16.5. The smallest absolute Gasteiger partial charge is 0.409 e. The first-order valence-corrected chi connectivity index (χ1v) is 9.22. The Morgan fingerprint density at radius 2 is 1.89 bits per heavy atom. The second-order valence-electron chi connectivity index (χ2n) is 6.77. The monoisotopic (exact) mass is 379 g/mol. The number of methoxy groups -OCH3 is 1. The molecular formula is C21H21N3O4. The molecule has 0 spiro atoms. The highest BCUT2D eigenvalue weighted by Crippen LogP contribution is 2.27. The maximum absolute atomic E-state index is 12.6. The maximum Gasteiger partial charge on any atom is 0.409 e. The summed E-state index contributed by atoms with van der Waals surface area (Å²) in [6.07, 6.45) is 4.46. The van der Waals surface area contributed by atoms with E-state index < -0.39 is 0 Å². The Morgan fingerprint density at radius 1 is 1.14 bits per heavy atom. The normalized spacial score (nSPS) is 14.8. The van der Waals surface area contributed by atoms with Crippen molar-refractivity contribution in [3.8, 4) is 11.3 Å². The molecule has 0 bridgehead atoms. The fraction of sp³-hybridized carbons (Fsp3) is 0.286. The summed E-state index contributed by atoms with van der Waals surface area (Å²) in [5.41, 5.74) is 3.13. The van der Waals surface area contributed by atoms with Crippen molar-refractivity contribution in [1.29, 1.82) is 0 Å². The molecule has 0 atom stereocenters. The number of amides is 2. The maximum atomic E-state index is 12.6. The van der Waals surface area contributed by atoms with Crippen molar-refractivity contribution in [2.24, 2.45) is 0 Å². The Balaban J connectivity index is 1.41. The van der Waals surface area contributed by atoms with Gasteiger partial charge in [-0.05, 0) is 37.1 Å². The van der Waals surface area contributed by atoms with Gasteiger partial charge < -0.3 is 19.4 Å². The van der Waals surface area contributed by atoms with E-state index in [9.17, 15) is 9.59 Å². The molecule has 1 N–H and O–H groups in total. The number of nitrogens with one attached hydrogen (secondary N) is 1. The summed E-state index contributed by atoms with van der Waals surface area (Å²) in [4.78, 5) is 30.2. The van der Waals surface area contributed by atoms with E-state index in [-0.39, 0.29) is 18.0 Å². The number of fused-ring (bicyclic) bond motifs is 1. The molecule has 0 saturated carbocycles. The van der Waals surface area contributed by atoms with Crippen LogP contribution in [-0.4, -0.2) is 48.1 Å². The van der Waals surface area contributed by atoms with E-state index >= 15 is 0 Å². The molecule has 3 heterocycles. The van der Waals surface area contributed by atoms with Crippen LogP contribution in [0.15, 0.2) is 53.3 Å². The molecule has 3 aromatic rings. The van der Waals surface area contributed by atoms with Crippen LogP contribution >= 0.6 is 0 Å². The first-order valence-electron chi connectivity index (χ1n) is 9.22. The molecular weight excluding hydrogens is 358 g/mol. The van der Waals surface area contributed by atoms with Gasteiger partial charge in [0.05, 0.1) is 19.1 Å². The Kier molecular flexibility index (Phi) is 4.97. The van der Waals surface area contributed by atoms with Crippen LogP contribution in [0.2, 0.25) is 0 Å². The molecule has 144 valence electrons. The molecule has 1 aromatic carbocycles. The number of likely N-dealkylation sites (tertiary alicyclic amines) is 1. The number of ether oxygens (including phenoxy) is 1. The topological polar surface area (TPSA) is 84.7 Å². The molecule has 0 aliphatic carbocycles. The Labute approximate surface area is 162 Å². The Morgan fingerprint density at radius 3 is 2.61 bits per heavy atom. The summed E-state index contributed by atoms with van der Waals surface area (Å²) in [6, 6.07) is 11.1. The third-order valence-corrected chi connectivity index (χ3v) is 5.06. The lowest BCUT2D eigenvalue weighted by Crippen LogP contribution is -2.46. The molecule has 2 aromatic heterocycles. The van der Waals surface area contributed by atoms with Gasteiger partial charge in [0.2, 0.25) is 0 Å². The van der Waals surface area contributed by atoms with Crippen molar-refractivity contribution in [3.63, 3.8) is 0 Å². The average Bonchev–Trinajstić information content (AvgIpc) is 3.23. The van der Waals surface area contributed by atoms with Crippen LogP contribution in [0.4, 0.5) is 4.79 Å². The van der Waals surface area contributed by atoms with Gasteiger partial charge in [-0.1, -0.05) is 12.1 Å². The number of hydrogen-bond donors (Lipinski definition) is 1. The second kappa shape index (κ2) is 7.72. The van der Waals surface area contributed by atoms with Crippen LogP contribution in [0.1, 0.15) is 23.2 Å². The van der Waals surface area contributed by atoms with Crippen LogP contribution < -0.4 is 5.32 Å². The number of aromatic nitrogens is 1. The molecule has 7 nitrogen and oxygen atoms in total. The molecule has 7 heteroatoms. The van der Waals surface area contributed by atoms with E-state index in [1.54, 1.807) is 29.5 Å². The predicted molar refractivity (Wildman–Crippen MR) is 104 cm³/mol. The largest absolute Gasteiger partial charge is 0.464 e. The molecule has 1 saturated heterocycles. The fourth-order valence-corrected chi connectivity index (χ4v) is 3.51. The van der Waals surface area contributed by atoms with Gasteiger partial charge in [0.15, 0.2) is 0 Å². The number of benzene rings is 1.